The molecular formula is C17H18N2O. The molecular weight excluding hydrogens is 248 g/mol. The number of hydrogen-bond donors (Lipinski definition) is 1. The molecule has 0 fully saturated rings. The van der Waals surface area contributed by atoms with E-state index >= 15 is 0 Å². The van der Waals surface area contributed by atoms with Crippen LogP contribution in [0.4, 0.5) is 0 Å². The minimum atomic E-state index is -0.113. The van der Waals surface area contributed by atoms with Crippen LogP contribution in [0.5, 0.6) is 0 Å². The molecule has 0 aromatic heterocycles. The Hall–Kier alpha value is -2.42. The molecule has 0 saturated carbocycles. The zero-order valence-electron chi connectivity index (χ0n) is 11.5. The minimum absolute atomic E-state index is 0.113. The Morgan fingerprint density at radius 1 is 1.05 bits per heavy atom. The number of nitrogens with zero attached hydrogens (tertiary/aromatic N) is 1. The van der Waals surface area contributed by atoms with E-state index < -0.39 is 0 Å². The summed E-state index contributed by atoms with van der Waals surface area (Å²) < 4.78 is 0. The molecule has 2 aromatic carbocycles. The number of amides is 1. The average Bonchev–Trinajstić information content (AvgIpc) is 2.49. The van der Waals surface area contributed by atoms with Crippen LogP contribution in [0.15, 0.2) is 59.7 Å². The van der Waals surface area contributed by atoms with E-state index in [1.807, 2.05) is 42.5 Å². The second-order valence-corrected chi connectivity index (χ2v) is 4.55. The Bertz CT molecular complexity index is 574. The van der Waals surface area contributed by atoms with Gasteiger partial charge in [-0.25, -0.2) is 5.43 Å². The van der Waals surface area contributed by atoms with Crippen molar-refractivity contribution < 1.29 is 4.79 Å². The predicted octanol–water partition coefficient (Wildman–Crippen LogP) is 2.94. The summed E-state index contributed by atoms with van der Waals surface area (Å²) in [4.78, 5) is 11.7. The fourth-order valence-electron chi connectivity index (χ4n) is 1.84. The maximum Gasteiger partial charge on any atom is 0.244 e. The van der Waals surface area contributed by atoms with Crippen molar-refractivity contribution in [1.29, 1.82) is 0 Å². The first kappa shape index (κ1) is 14.0. The highest BCUT2D eigenvalue weighted by Crippen LogP contribution is 2.03. The lowest BCUT2D eigenvalue weighted by atomic mass is 10.1. The van der Waals surface area contributed by atoms with E-state index in [4.69, 9.17) is 0 Å². The van der Waals surface area contributed by atoms with Gasteiger partial charge >= 0.3 is 0 Å². The van der Waals surface area contributed by atoms with Crippen molar-refractivity contribution in [3.63, 3.8) is 0 Å². The molecule has 0 heterocycles. The molecule has 0 unspecified atom stereocenters. The molecule has 2 aromatic rings. The maximum atomic E-state index is 11.7. The molecule has 102 valence electrons. The van der Waals surface area contributed by atoms with E-state index in [0.29, 0.717) is 6.42 Å². The Morgan fingerprint density at radius 3 is 2.40 bits per heavy atom. The van der Waals surface area contributed by atoms with E-state index in [1.165, 1.54) is 5.56 Å². The van der Waals surface area contributed by atoms with Gasteiger partial charge in [0.05, 0.1) is 12.6 Å². The lowest BCUT2D eigenvalue weighted by molar-refractivity contribution is -0.120. The van der Waals surface area contributed by atoms with E-state index in [1.54, 1.807) is 6.21 Å². The molecule has 3 heteroatoms. The summed E-state index contributed by atoms with van der Waals surface area (Å²) in [6, 6.07) is 17.7. The van der Waals surface area contributed by atoms with Crippen molar-refractivity contribution in [1.82, 2.24) is 5.43 Å². The van der Waals surface area contributed by atoms with Crippen LogP contribution in [0.2, 0.25) is 0 Å². The van der Waals surface area contributed by atoms with Gasteiger partial charge in [-0.15, -0.1) is 0 Å². The number of nitrogens with one attached hydrogen (secondary N) is 1. The molecule has 1 N–H and O–H groups in total. The van der Waals surface area contributed by atoms with Crippen molar-refractivity contribution in [3.8, 4) is 0 Å². The second kappa shape index (κ2) is 7.24. The standard InChI is InChI=1S/C17H18N2O/c1-2-14-8-10-16(11-9-14)13-18-19-17(20)12-15-6-4-3-5-7-15/h3-11,13H,2,12H2,1H3,(H,19,20). The first-order chi connectivity index (χ1) is 9.78. The Balaban J connectivity index is 1.84. The van der Waals surface area contributed by atoms with Crippen LogP contribution in [0, 0.1) is 0 Å². The summed E-state index contributed by atoms with van der Waals surface area (Å²) in [6.45, 7) is 2.12. The highest BCUT2D eigenvalue weighted by molar-refractivity contribution is 5.83. The van der Waals surface area contributed by atoms with Crippen LogP contribution in [0.1, 0.15) is 23.6 Å². The molecule has 0 spiro atoms. The molecule has 1 amide bonds. The van der Waals surface area contributed by atoms with Crippen molar-refractivity contribution >= 4 is 12.1 Å². The lowest BCUT2D eigenvalue weighted by Crippen LogP contribution is -2.19. The minimum Gasteiger partial charge on any atom is -0.273 e. The highest BCUT2D eigenvalue weighted by atomic mass is 16.2. The third-order valence-electron chi connectivity index (χ3n) is 3.00. The number of hydrazone groups is 1. The van der Waals surface area contributed by atoms with E-state index in [-0.39, 0.29) is 5.91 Å². The van der Waals surface area contributed by atoms with E-state index in [0.717, 1.165) is 17.5 Å². The molecule has 0 aliphatic rings. The van der Waals surface area contributed by atoms with Crippen molar-refractivity contribution in [2.75, 3.05) is 0 Å². The third-order valence-corrected chi connectivity index (χ3v) is 3.00. The largest absolute Gasteiger partial charge is 0.273 e. The summed E-state index contributed by atoms with van der Waals surface area (Å²) in [5.41, 5.74) is 5.78. The van der Waals surface area contributed by atoms with Gasteiger partial charge in [-0.05, 0) is 23.1 Å². The van der Waals surface area contributed by atoms with Gasteiger partial charge in [-0.3, -0.25) is 4.79 Å². The molecule has 2 rings (SSSR count). The van der Waals surface area contributed by atoms with Gasteiger partial charge in [0.1, 0.15) is 0 Å². The van der Waals surface area contributed by atoms with Crippen LogP contribution in [0.25, 0.3) is 0 Å². The average molecular weight is 266 g/mol. The molecule has 20 heavy (non-hydrogen) atoms. The number of aryl methyl sites for hydroxylation is 1. The number of benzene rings is 2. The molecule has 0 aliphatic carbocycles. The number of rotatable bonds is 5. The van der Waals surface area contributed by atoms with Gasteiger partial charge in [-0.2, -0.15) is 5.10 Å². The first-order valence-electron chi connectivity index (χ1n) is 6.72. The Labute approximate surface area is 119 Å². The number of carbonyl (C=O) groups excluding carboxylic acids is 1. The van der Waals surface area contributed by atoms with Gasteiger partial charge in [0.25, 0.3) is 0 Å². The summed E-state index contributed by atoms with van der Waals surface area (Å²) in [5, 5.41) is 3.97. The van der Waals surface area contributed by atoms with Gasteiger partial charge in [0, 0.05) is 0 Å². The quantitative estimate of drug-likeness (QED) is 0.656. The van der Waals surface area contributed by atoms with Crippen LogP contribution in [0.3, 0.4) is 0 Å². The van der Waals surface area contributed by atoms with E-state index in [2.05, 4.69) is 29.6 Å². The lowest BCUT2D eigenvalue weighted by Gasteiger charge is -2.00. The van der Waals surface area contributed by atoms with Crippen molar-refractivity contribution in [3.05, 3.63) is 71.3 Å². The van der Waals surface area contributed by atoms with Crippen LogP contribution < -0.4 is 5.43 Å². The van der Waals surface area contributed by atoms with Crippen LogP contribution >= 0.6 is 0 Å². The van der Waals surface area contributed by atoms with E-state index in [9.17, 15) is 4.79 Å². The Morgan fingerprint density at radius 2 is 1.75 bits per heavy atom. The smallest absolute Gasteiger partial charge is 0.244 e. The molecule has 0 aliphatic heterocycles. The van der Waals surface area contributed by atoms with Crippen molar-refractivity contribution in [2.45, 2.75) is 19.8 Å². The summed E-state index contributed by atoms with van der Waals surface area (Å²) >= 11 is 0. The van der Waals surface area contributed by atoms with Gasteiger partial charge < -0.3 is 0 Å². The molecule has 0 atom stereocenters. The summed E-state index contributed by atoms with van der Waals surface area (Å²) in [5.74, 6) is -0.113. The molecule has 3 nitrogen and oxygen atoms in total. The van der Waals surface area contributed by atoms with Crippen molar-refractivity contribution in [2.24, 2.45) is 5.10 Å². The molecule has 0 bridgehead atoms. The highest BCUT2D eigenvalue weighted by Gasteiger charge is 2.00. The third kappa shape index (κ3) is 4.35. The zero-order valence-corrected chi connectivity index (χ0v) is 11.5. The maximum absolute atomic E-state index is 11.7. The van der Waals surface area contributed by atoms with Gasteiger partial charge in [-0.1, -0.05) is 61.5 Å². The number of carbonyl (C=O) groups is 1. The topological polar surface area (TPSA) is 41.5 Å². The fourth-order valence-corrected chi connectivity index (χ4v) is 1.84. The van der Waals surface area contributed by atoms with Gasteiger partial charge in [0.2, 0.25) is 5.91 Å². The SMILES string of the molecule is CCc1ccc(C=NNC(=O)Cc2ccccc2)cc1. The monoisotopic (exact) mass is 266 g/mol. The summed E-state index contributed by atoms with van der Waals surface area (Å²) in [7, 11) is 0. The first-order valence-corrected chi connectivity index (χ1v) is 6.72. The fraction of sp³-hybridized carbons (Fsp3) is 0.176. The summed E-state index contributed by atoms with van der Waals surface area (Å²) in [6.07, 6.45) is 3.01. The molecule has 0 radical (unpaired) electrons. The normalized spacial score (nSPS) is 10.7. The van der Waals surface area contributed by atoms with Crippen LogP contribution in [-0.2, 0) is 17.6 Å². The molecule has 0 saturated heterocycles. The van der Waals surface area contributed by atoms with Gasteiger partial charge in [0.15, 0.2) is 0 Å². The number of hydrogen-bond acceptors (Lipinski definition) is 2. The second-order valence-electron chi connectivity index (χ2n) is 4.55. The van der Waals surface area contributed by atoms with Crippen LogP contribution in [-0.4, -0.2) is 12.1 Å². The zero-order chi connectivity index (χ0) is 14.2. The predicted molar refractivity (Wildman–Crippen MR) is 81.7 cm³/mol. The Kier molecular flexibility index (Phi) is 5.07.